The number of thiazole rings is 1. The number of benzene rings is 2. The van der Waals surface area contributed by atoms with E-state index in [0.717, 1.165) is 20.1 Å². The summed E-state index contributed by atoms with van der Waals surface area (Å²) in [6.45, 7) is 7.80. The maximum atomic E-state index is 13.9. The molecule has 0 N–H and O–H groups in total. The van der Waals surface area contributed by atoms with Gasteiger partial charge >= 0.3 is 5.97 Å². The maximum Gasteiger partial charge on any atom is 0.338 e. The SMILES string of the molecule is CCOc1ccc([C@@H]2C(C(=O)OC(C)C)=C(C)N=c3s/c(=C\c4ccc(-c5cc(Br)ccc5Br)o4)c(=O)n32)cc1. The van der Waals surface area contributed by atoms with Crippen LogP contribution >= 0.6 is 43.2 Å². The topological polar surface area (TPSA) is 83.0 Å². The van der Waals surface area contributed by atoms with Crippen LogP contribution in [0.25, 0.3) is 17.4 Å². The fraction of sp³-hybridized carbons (Fsp3) is 0.233. The van der Waals surface area contributed by atoms with Gasteiger partial charge in [-0.3, -0.25) is 9.36 Å². The Morgan fingerprint density at radius 2 is 1.90 bits per heavy atom. The quantitative estimate of drug-likeness (QED) is 0.211. The number of hydrogen-bond donors (Lipinski definition) is 0. The second kappa shape index (κ2) is 11.7. The molecule has 1 aliphatic rings. The largest absolute Gasteiger partial charge is 0.494 e. The van der Waals surface area contributed by atoms with Gasteiger partial charge in [0, 0.05) is 20.6 Å². The molecule has 1 atom stereocenters. The van der Waals surface area contributed by atoms with Crippen LogP contribution in [0.5, 0.6) is 5.75 Å². The Labute approximate surface area is 251 Å². The number of nitrogens with zero attached hydrogens (tertiary/aromatic N) is 2. The first-order valence-electron chi connectivity index (χ1n) is 12.7. The molecular formula is C30H26Br2N2O5S. The number of carbonyl (C=O) groups excluding carboxylic acids is 1. The molecule has 0 aliphatic carbocycles. The number of aromatic nitrogens is 1. The van der Waals surface area contributed by atoms with Gasteiger partial charge in [0.05, 0.1) is 34.6 Å². The molecule has 0 amide bonds. The third kappa shape index (κ3) is 5.66. The van der Waals surface area contributed by atoms with E-state index in [1.165, 1.54) is 11.3 Å². The van der Waals surface area contributed by atoms with Gasteiger partial charge < -0.3 is 13.9 Å². The first kappa shape index (κ1) is 28.3. The van der Waals surface area contributed by atoms with Gasteiger partial charge in [-0.2, -0.15) is 0 Å². The summed E-state index contributed by atoms with van der Waals surface area (Å²) in [5, 5.41) is 0. The molecule has 1 aliphatic heterocycles. The van der Waals surface area contributed by atoms with Crippen LogP contribution in [0.3, 0.4) is 0 Å². The standard InChI is InChI=1S/C30H26Br2N2O5S/c1-5-37-20-9-6-18(7-10-20)27-26(29(36)38-16(2)3)17(4)33-30-34(27)28(35)25(40-30)15-21-11-13-24(39-21)22-14-19(31)8-12-23(22)32/h6-16,27H,5H2,1-4H3/b25-15-/t27-/m1/s1. The molecule has 2 aromatic heterocycles. The summed E-state index contributed by atoms with van der Waals surface area (Å²) in [5.41, 5.74) is 2.20. The lowest BCUT2D eigenvalue weighted by Crippen LogP contribution is -2.40. The first-order chi connectivity index (χ1) is 19.2. The van der Waals surface area contributed by atoms with Crippen molar-refractivity contribution in [1.82, 2.24) is 4.57 Å². The monoisotopic (exact) mass is 684 g/mol. The Balaban J connectivity index is 1.62. The van der Waals surface area contributed by atoms with Crippen molar-refractivity contribution in [3.8, 4) is 17.1 Å². The Morgan fingerprint density at radius 1 is 1.15 bits per heavy atom. The van der Waals surface area contributed by atoms with Gasteiger partial charge in [0.2, 0.25) is 0 Å². The normalized spacial score (nSPS) is 15.3. The Hall–Kier alpha value is -3.21. The molecular weight excluding hydrogens is 660 g/mol. The van der Waals surface area contributed by atoms with Crippen LogP contribution in [0, 0.1) is 0 Å². The van der Waals surface area contributed by atoms with E-state index in [4.69, 9.17) is 13.9 Å². The van der Waals surface area contributed by atoms with Gasteiger partial charge in [-0.05, 0) is 75.7 Å². The van der Waals surface area contributed by atoms with Gasteiger partial charge in [-0.25, -0.2) is 9.79 Å². The predicted molar refractivity (Wildman–Crippen MR) is 162 cm³/mol. The van der Waals surface area contributed by atoms with Gasteiger partial charge in [-0.15, -0.1) is 0 Å². The average molecular weight is 686 g/mol. The van der Waals surface area contributed by atoms with Crippen LogP contribution in [-0.2, 0) is 9.53 Å². The van der Waals surface area contributed by atoms with Crippen LogP contribution in [0.15, 0.2) is 89.0 Å². The molecule has 0 radical (unpaired) electrons. The molecule has 0 unspecified atom stereocenters. The minimum Gasteiger partial charge on any atom is -0.494 e. The molecule has 0 saturated heterocycles. The number of rotatable bonds is 7. The fourth-order valence-corrected chi connectivity index (χ4v) is 6.31. The van der Waals surface area contributed by atoms with Crippen molar-refractivity contribution in [2.75, 3.05) is 6.61 Å². The van der Waals surface area contributed by atoms with Crippen LogP contribution in [0.2, 0.25) is 0 Å². The third-order valence-electron chi connectivity index (χ3n) is 6.19. The molecule has 7 nitrogen and oxygen atoms in total. The van der Waals surface area contributed by atoms with E-state index >= 15 is 0 Å². The number of fused-ring (bicyclic) bond motifs is 1. The second-order valence-electron chi connectivity index (χ2n) is 9.36. The molecule has 0 bridgehead atoms. The lowest BCUT2D eigenvalue weighted by Gasteiger charge is -2.25. The van der Waals surface area contributed by atoms with Crippen molar-refractivity contribution in [2.45, 2.75) is 39.8 Å². The van der Waals surface area contributed by atoms with E-state index in [1.807, 2.05) is 61.5 Å². The van der Waals surface area contributed by atoms with Crippen LogP contribution < -0.4 is 19.6 Å². The molecule has 206 valence electrons. The first-order valence-corrected chi connectivity index (χ1v) is 15.1. The Morgan fingerprint density at radius 3 is 2.60 bits per heavy atom. The zero-order chi connectivity index (χ0) is 28.6. The van der Waals surface area contributed by atoms with Crippen LogP contribution in [0.4, 0.5) is 0 Å². The average Bonchev–Trinajstić information content (AvgIpc) is 3.49. The highest BCUT2D eigenvalue weighted by Gasteiger charge is 2.33. The molecule has 4 aromatic rings. The van der Waals surface area contributed by atoms with Crippen molar-refractivity contribution in [2.24, 2.45) is 4.99 Å². The molecule has 2 aromatic carbocycles. The minimum atomic E-state index is -0.704. The lowest BCUT2D eigenvalue weighted by molar-refractivity contribution is -0.143. The van der Waals surface area contributed by atoms with E-state index in [1.54, 1.807) is 31.4 Å². The molecule has 10 heteroatoms. The summed E-state index contributed by atoms with van der Waals surface area (Å²) in [4.78, 5) is 32.3. The molecule has 0 saturated carbocycles. The van der Waals surface area contributed by atoms with Gasteiger partial charge in [0.15, 0.2) is 4.80 Å². The van der Waals surface area contributed by atoms with Crippen LogP contribution in [0.1, 0.15) is 45.1 Å². The highest BCUT2D eigenvalue weighted by Crippen LogP contribution is 2.33. The number of allylic oxidation sites excluding steroid dienone is 1. The summed E-state index contributed by atoms with van der Waals surface area (Å²) < 4.78 is 21.1. The summed E-state index contributed by atoms with van der Waals surface area (Å²) in [6.07, 6.45) is 1.39. The molecule has 5 rings (SSSR count). The van der Waals surface area contributed by atoms with Gasteiger partial charge in [0.25, 0.3) is 5.56 Å². The number of esters is 1. The third-order valence-corrected chi connectivity index (χ3v) is 8.35. The van der Waals surface area contributed by atoms with E-state index < -0.39 is 12.0 Å². The number of hydrogen-bond acceptors (Lipinski definition) is 7. The fourth-order valence-electron chi connectivity index (χ4n) is 4.48. The van der Waals surface area contributed by atoms with E-state index in [2.05, 4.69) is 36.9 Å². The van der Waals surface area contributed by atoms with Crippen LogP contribution in [-0.4, -0.2) is 23.2 Å². The number of carbonyl (C=O) groups is 1. The van der Waals surface area contributed by atoms with E-state index in [-0.39, 0.29) is 11.7 Å². The van der Waals surface area contributed by atoms with Crippen molar-refractivity contribution in [3.63, 3.8) is 0 Å². The lowest BCUT2D eigenvalue weighted by atomic mass is 9.96. The maximum absolute atomic E-state index is 13.9. The number of ether oxygens (including phenoxy) is 2. The number of halogens is 2. The van der Waals surface area contributed by atoms with E-state index in [9.17, 15) is 9.59 Å². The van der Waals surface area contributed by atoms with Crippen molar-refractivity contribution in [3.05, 3.63) is 106 Å². The summed E-state index contributed by atoms with van der Waals surface area (Å²) in [5.74, 6) is 1.39. The van der Waals surface area contributed by atoms with Crippen molar-refractivity contribution in [1.29, 1.82) is 0 Å². The molecule has 0 spiro atoms. The smallest absolute Gasteiger partial charge is 0.338 e. The second-order valence-corrected chi connectivity index (χ2v) is 12.1. The molecule has 3 heterocycles. The highest BCUT2D eigenvalue weighted by atomic mass is 79.9. The zero-order valence-corrected chi connectivity index (χ0v) is 26.2. The zero-order valence-electron chi connectivity index (χ0n) is 22.2. The highest BCUT2D eigenvalue weighted by molar-refractivity contribution is 9.11. The van der Waals surface area contributed by atoms with Gasteiger partial charge in [0.1, 0.15) is 17.3 Å². The summed E-state index contributed by atoms with van der Waals surface area (Å²) >= 11 is 8.32. The van der Waals surface area contributed by atoms with Gasteiger partial charge in [-0.1, -0.05) is 55.3 Å². The summed E-state index contributed by atoms with van der Waals surface area (Å²) in [7, 11) is 0. The molecule has 40 heavy (non-hydrogen) atoms. The molecule has 0 fully saturated rings. The number of furan rings is 1. The van der Waals surface area contributed by atoms with Crippen molar-refractivity contribution >= 4 is 55.2 Å². The predicted octanol–water partition coefficient (Wildman–Crippen LogP) is 6.37. The Kier molecular flexibility index (Phi) is 8.30. The van der Waals surface area contributed by atoms with E-state index in [0.29, 0.717) is 44.5 Å². The minimum absolute atomic E-state index is 0.272. The summed E-state index contributed by atoms with van der Waals surface area (Å²) in [6, 6.07) is 16.2. The van der Waals surface area contributed by atoms with Crippen molar-refractivity contribution < 1.29 is 18.7 Å². The Bertz CT molecular complexity index is 1800.